The molecular formula is C11H8BrFN2O2S2. The number of anilines is 1. The Hall–Kier alpha value is -0.990. The number of amides is 2. The number of nitrogens with one attached hydrogen (secondary N) is 2. The van der Waals surface area contributed by atoms with E-state index in [9.17, 15) is 14.0 Å². The average molecular weight is 363 g/mol. The zero-order chi connectivity index (χ0) is 14.0. The van der Waals surface area contributed by atoms with Crippen molar-refractivity contribution in [3.63, 3.8) is 0 Å². The third-order valence-corrected chi connectivity index (χ3v) is 4.21. The molecule has 1 aliphatic rings. The number of carbonyl (C=O) groups is 2. The van der Waals surface area contributed by atoms with Crippen LogP contribution in [0.25, 0.3) is 0 Å². The molecule has 0 aromatic heterocycles. The Bertz CT molecular complexity index is 568. The summed E-state index contributed by atoms with van der Waals surface area (Å²) in [6.07, 6.45) is -0.0495. The lowest BCUT2D eigenvalue weighted by Gasteiger charge is -2.08. The molecule has 0 radical (unpaired) electrons. The van der Waals surface area contributed by atoms with Gasteiger partial charge in [-0.15, -0.1) is 0 Å². The minimum absolute atomic E-state index is 0.0495. The van der Waals surface area contributed by atoms with Crippen molar-refractivity contribution in [2.75, 3.05) is 5.32 Å². The number of halogens is 2. The molecule has 1 saturated heterocycles. The Balaban J connectivity index is 1.98. The fraction of sp³-hybridized carbons (Fsp3) is 0.182. The third kappa shape index (κ3) is 3.74. The molecule has 4 nitrogen and oxygen atoms in total. The van der Waals surface area contributed by atoms with Crippen LogP contribution in [0.5, 0.6) is 0 Å². The predicted molar refractivity (Wildman–Crippen MR) is 79.5 cm³/mol. The maximum atomic E-state index is 13.5. The molecule has 2 rings (SSSR count). The van der Waals surface area contributed by atoms with Gasteiger partial charge in [-0.2, -0.15) is 0 Å². The number of hydrogen-bond acceptors (Lipinski definition) is 4. The van der Waals surface area contributed by atoms with Crippen LogP contribution in [0.2, 0.25) is 0 Å². The molecule has 0 bridgehead atoms. The van der Waals surface area contributed by atoms with Gasteiger partial charge in [0.1, 0.15) is 10.1 Å². The summed E-state index contributed by atoms with van der Waals surface area (Å²) in [5.41, 5.74) is 0.0826. The molecule has 0 aliphatic carbocycles. The number of rotatable bonds is 3. The van der Waals surface area contributed by atoms with Crippen molar-refractivity contribution < 1.29 is 14.0 Å². The Morgan fingerprint density at radius 1 is 1.58 bits per heavy atom. The fourth-order valence-electron chi connectivity index (χ4n) is 1.49. The Labute approximate surface area is 126 Å². The van der Waals surface area contributed by atoms with E-state index in [1.807, 2.05) is 0 Å². The van der Waals surface area contributed by atoms with Gasteiger partial charge in [-0.3, -0.25) is 9.59 Å². The number of thiocarbonyl (C=S) groups is 1. The van der Waals surface area contributed by atoms with Crippen LogP contribution in [0.4, 0.5) is 10.1 Å². The van der Waals surface area contributed by atoms with Crippen LogP contribution in [0.15, 0.2) is 22.7 Å². The van der Waals surface area contributed by atoms with E-state index in [-0.39, 0.29) is 18.0 Å². The number of benzene rings is 1. The summed E-state index contributed by atoms with van der Waals surface area (Å²) in [6.45, 7) is 0. The topological polar surface area (TPSA) is 58.2 Å². The summed E-state index contributed by atoms with van der Waals surface area (Å²) in [5, 5.41) is 4.33. The molecule has 1 aromatic rings. The van der Waals surface area contributed by atoms with Gasteiger partial charge >= 0.3 is 0 Å². The molecule has 0 saturated carbocycles. The highest BCUT2D eigenvalue weighted by molar-refractivity contribution is 9.10. The number of hydrogen-bond donors (Lipinski definition) is 2. The van der Waals surface area contributed by atoms with Crippen molar-refractivity contribution in [2.45, 2.75) is 11.7 Å². The van der Waals surface area contributed by atoms with Crippen molar-refractivity contribution in [3.05, 3.63) is 28.5 Å². The predicted octanol–water partition coefficient (Wildman–Crippen LogP) is 2.43. The van der Waals surface area contributed by atoms with Crippen LogP contribution in [0.1, 0.15) is 6.42 Å². The van der Waals surface area contributed by atoms with Gasteiger partial charge < -0.3 is 10.6 Å². The normalized spacial score (nSPS) is 18.3. The Morgan fingerprint density at radius 3 is 2.89 bits per heavy atom. The standard InChI is InChI=1S/C11H8BrFN2O2S2/c12-5-1-2-7(6(13)3-5)14-9(16)4-8-10(17)15-11(18)19-8/h1-3,8H,4H2,(H,14,16)(H,15,17,18)/t8-/m1/s1. The zero-order valence-electron chi connectivity index (χ0n) is 9.41. The molecular weight excluding hydrogens is 355 g/mol. The molecule has 1 atom stereocenters. The summed E-state index contributed by atoms with van der Waals surface area (Å²) < 4.78 is 14.5. The Kier molecular flexibility index (Phi) is 4.54. The van der Waals surface area contributed by atoms with E-state index in [1.165, 1.54) is 12.1 Å². The van der Waals surface area contributed by atoms with Crippen LogP contribution < -0.4 is 10.6 Å². The van der Waals surface area contributed by atoms with Crippen molar-refractivity contribution in [1.82, 2.24) is 5.32 Å². The van der Waals surface area contributed by atoms with Gasteiger partial charge in [0.05, 0.1) is 10.9 Å². The molecule has 0 spiro atoms. The first-order valence-electron chi connectivity index (χ1n) is 5.22. The first-order chi connectivity index (χ1) is 8.95. The van der Waals surface area contributed by atoms with E-state index < -0.39 is 17.0 Å². The third-order valence-electron chi connectivity index (χ3n) is 2.34. The molecule has 8 heteroatoms. The SMILES string of the molecule is O=C(C[C@H]1SC(=S)NC1=O)Nc1ccc(Br)cc1F. The van der Waals surface area contributed by atoms with Gasteiger partial charge in [0.25, 0.3) is 0 Å². The molecule has 1 aliphatic heterocycles. The van der Waals surface area contributed by atoms with Crippen LogP contribution >= 0.6 is 39.9 Å². The van der Waals surface area contributed by atoms with Crippen LogP contribution in [0, 0.1) is 5.82 Å². The van der Waals surface area contributed by atoms with E-state index in [2.05, 4.69) is 26.6 Å². The first-order valence-corrected chi connectivity index (χ1v) is 7.30. The second-order valence-electron chi connectivity index (χ2n) is 3.76. The maximum absolute atomic E-state index is 13.5. The molecule has 1 heterocycles. The summed E-state index contributed by atoms with van der Waals surface area (Å²) in [7, 11) is 0. The smallest absolute Gasteiger partial charge is 0.239 e. The van der Waals surface area contributed by atoms with Crippen LogP contribution in [-0.4, -0.2) is 21.4 Å². The van der Waals surface area contributed by atoms with Gasteiger partial charge in [0.2, 0.25) is 11.8 Å². The second kappa shape index (κ2) is 5.98. The van der Waals surface area contributed by atoms with Crippen molar-refractivity contribution in [2.24, 2.45) is 0 Å². The lowest BCUT2D eigenvalue weighted by atomic mass is 10.2. The molecule has 19 heavy (non-hydrogen) atoms. The highest BCUT2D eigenvalue weighted by Gasteiger charge is 2.31. The van der Waals surface area contributed by atoms with Gasteiger partial charge in [0.15, 0.2) is 0 Å². The summed E-state index contributed by atoms with van der Waals surface area (Å²) >= 11 is 9.08. The van der Waals surface area contributed by atoms with E-state index in [0.717, 1.165) is 11.8 Å². The van der Waals surface area contributed by atoms with Crippen molar-refractivity contribution in [1.29, 1.82) is 0 Å². The maximum Gasteiger partial charge on any atom is 0.239 e. The van der Waals surface area contributed by atoms with Crippen molar-refractivity contribution >= 4 is 61.7 Å². The monoisotopic (exact) mass is 362 g/mol. The highest BCUT2D eigenvalue weighted by Crippen LogP contribution is 2.24. The van der Waals surface area contributed by atoms with Crippen molar-refractivity contribution in [3.8, 4) is 0 Å². The minimum atomic E-state index is -0.550. The molecule has 0 unspecified atom stereocenters. The number of thioether (sulfide) groups is 1. The van der Waals surface area contributed by atoms with Crippen LogP contribution in [-0.2, 0) is 9.59 Å². The largest absolute Gasteiger partial charge is 0.324 e. The van der Waals surface area contributed by atoms with E-state index in [0.29, 0.717) is 8.79 Å². The molecule has 2 amide bonds. The summed E-state index contributed by atoms with van der Waals surface area (Å²) in [5.74, 6) is -1.26. The van der Waals surface area contributed by atoms with Crippen LogP contribution in [0.3, 0.4) is 0 Å². The van der Waals surface area contributed by atoms with E-state index >= 15 is 0 Å². The quantitative estimate of drug-likeness (QED) is 0.810. The molecule has 100 valence electrons. The lowest BCUT2D eigenvalue weighted by Crippen LogP contribution is -2.27. The zero-order valence-corrected chi connectivity index (χ0v) is 12.6. The average Bonchev–Trinajstić information content (AvgIpc) is 2.61. The van der Waals surface area contributed by atoms with E-state index in [4.69, 9.17) is 12.2 Å². The van der Waals surface area contributed by atoms with Gasteiger partial charge in [-0.25, -0.2) is 4.39 Å². The number of carbonyl (C=O) groups excluding carboxylic acids is 2. The molecule has 1 aromatic carbocycles. The highest BCUT2D eigenvalue weighted by atomic mass is 79.9. The van der Waals surface area contributed by atoms with Gasteiger partial charge in [-0.1, -0.05) is 39.9 Å². The second-order valence-corrected chi connectivity index (χ2v) is 6.55. The van der Waals surface area contributed by atoms with Gasteiger partial charge in [0, 0.05) is 10.9 Å². The Morgan fingerprint density at radius 2 is 2.32 bits per heavy atom. The molecule has 1 fully saturated rings. The lowest BCUT2D eigenvalue weighted by molar-refractivity contribution is -0.122. The first kappa shape index (κ1) is 14.4. The summed E-state index contributed by atoms with van der Waals surface area (Å²) in [4.78, 5) is 23.1. The fourth-order valence-corrected chi connectivity index (χ4v) is 3.09. The van der Waals surface area contributed by atoms with Gasteiger partial charge in [-0.05, 0) is 18.2 Å². The van der Waals surface area contributed by atoms with E-state index in [1.54, 1.807) is 6.07 Å². The molecule has 2 N–H and O–H groups in total. The summed E-state index contributed by atoms with van der Waals surface area (Å²) in [6, 6.07) is 4.32. The minimum Gasteiger partial charge on any atom is -0.324 e.